The lowest BCUT2D eigenvalue weighted by Crippen LogP contribution is -2.22. The van der Waals surface area contributed by atoms with Crippen LogP contribution < -0.4 is 5.32 Å². The molecule has 0 aliphatic carbocycles. The van der Waals surface area contributed by atoms with Gasteiger partial charge in [-0.05, 0) is 44.7 Å². The number of hydrogen-bond acceptors (Lipinski definition) is 3. The molecule has 3 heteroatoms. The molecule has 2 rings (SSSR count). The van der Waals surface area contributed by atoms with Crippen LogP contribution in [0.2, 0.25) is 0 Å². The summed E-state index contributed by atoms with van der Waals surface area (Å²) < 4.78 is 0. The molecule has 1 aromatic heterocycles. The van der Waals surface area contributed by atoms with Gasteiger partial charge in [-0.25, -0.2) is 4.98 Å². The summed E-state index contributed by atoms with van der Waals surface area (Å²) >= 11 is 1.77. The van der Waals surface area contributed by atoms with Crippen molar-refractivity contribution in [3.05, 3.63) is 51.5 Å². The highest BCUT2D eigenvalue weighted by atomic mass is 32.1. The average Bonchev–Trinajstić information content (AvgIpc) is 2.92. The standard InChI is InChI=1S/C18H26N2S/c1-5-6-7-16-8-10-17(11-9-16)14(3)20-15(4)18-19-12-13(2)21-18/h8-12,14-15,20H,5-7H2,1-4H3. The monoisotopic (exact) mass is 302 g/mol. The Kier molecular flexibility index (Phi) is 5.95. The van der Waals surface area contributed by atoms with E-state index >= 15 is 0 Å². The first-order chi connectivity index (χ1) is 10.1. The molecule has 1 heterocycles. The highest BCUT2D eigenvalue weighted by Gasteiger charge is 2.13. The van der Waals surface area contributed by atoms with E-state index in [0.717, 1.165) is 0 Å². The average molecular weight is 302 g/mol. The minimum absolute atomic E-state index is 0.290. The fraction of sp³-hybridized carbons (Fsp3) is 0.500. The van der Waals surface area contributed by atoms with E-state index in [4.69, 9.17) is 0 Å². The van der Waals surface area contributed by atoms with Gasteiger partial charge < -0.3 is 5.32 Å². The van der Waals surface area contributed by atoms with Gasteiger partial charge in [-0.3, -0.25) is 0 Å². The van der Waals surface area contributed by atoms with E-state index in [0.29, 0.717) is 12.1 Å². The Balaban J connectivity index is 1.94. The van der Waals surface area contributed by atoms with Crippen LogP contribution in [0.5, 0.6) is 0 Å². The Morgan fingerprint density at radius 2 is 1.86 bits per heavy atom. The molecule has 2 atom stereocenters. The molecule has 2 nitrogen and oxygen atoms in total. The van der Waals surface area contributed by atoms with E-state index in [2.05, 4.69) is 62.3 Å². The van der Waals surface area contributed by atoms with Crippen LogP contribution in [0.25, 0.3) is 0 Å². The lowest BCUT2D eigenvalue weighted by Gasteiger charge is -2.19. The lowest BCUT2D eigenvalue weighted by molar-refractivity contribution is 0.493. The molecule has 0 fully saturated rings. The number of nitrogens with one attached hydrogen (secondary N) is 1. The molecular formula is C18H26N2S. The lowest BCUT2D eigenvalue weighted by atomic mass is 10.0. The quantitative estimate of drug-likeness (QED) is 0.760. The molecule has 0 saturated heterocycles. The third-order valence-corrected chi connectivity index (χ3v) is 4.90. The van der Waals surface area contributed by atoms with Crippen molar-refractivity contribution >= 4 is 11.3 Å². The second-order valence-electron chi connectivity index (χ2n) is 5.76. The third kappa shape index (κ3) is 4.65. The Labute approximate surface area is 132 Å². The van der Waals surface area contributed by atoms with Crippen molar-refractivity contribution in [2.24, 2.45) is 0 Å². The first kappa shape index (κ1) is 16.2. The number of aryl methyl sites for hydroxylation is 2. The molecule has 2 aromatic rings. The fourth-order valence-corrected chi connectivity index (χ4v) is 3.25. The summed E-state index contributed by atoms with van der Waals surface area (Å²) in [5.74, 6) is 0. The molecule has 21 heavy (non-hydrogen) atoms. The summed E-state index contributed by atoms with van der Waals surface area (Å²) in [6.07, 6.45) is 5.66. The smallest absolute Gasteiger partial charge is 0.109 e. The van der Waals surface area contributed by atoms with Crippen molar-refractivity contribution < 1.29 is 0 Å². The molecule has 0 saturated carbocycles. The van der Waals surface area contributed by atoms with Gasteiger partial charge in [0, 0.05) is 17.1 Å². The molecule has 2 unspecified atom stereocenters. The number of benzene rings is 1. The van der Waals surface area contributed by atoms with E-state index < -0.39 is 0 Å². The molecule has 0 aliphatic heterocycles. The van der Waals surface area contributed by atoms with E-state index in [1.807, 2.05) is 6.20 Å². The summed E-state index contributed by atoms with van der Waals surface area (Å²) in [4.78, 5) is 5.74. The number of unbranched alkanes of at least 4 members (excludes halogenated alkanes) is 1. The van der Waals surface area contributed by atoms with Crippen LogP contribution in [0.4, 0.5) is 0 Å². The van der Waals surface area contributed by atoms with Gasteiger partial charge in [0.2, 0.25) is 0 Å². The van der Waals surface area contributed by atoms with Crippen LogP contribution in [-0.2, 0) is 6.42 Å². The van der Waals surface area contributed by atoms with Gasteiger partial charge in [0.15, 0.2) is 0 Å². The van der Waals surface area contributed by atoms with Gasteiger partial charge in [0.05, 0.1) is 6.04 Å². The number of thiazole rings is 1. The first-order valence-electron chi connectivity index (χ1n) is 7.87. The fourth-order valence-electron chi connectivity index (χ4n) is 2.47. The maximum atomic E-state index is 4.47. The van der Waals surface area contributed by atoms with Crippen LogP contribution in [0, 0.1) is 6.92 Å². The van der Waals surface area contributed by atoms with Gasteiger partial charge in [-0.1, -0.05) is 37.6 Å². The van der Waals surface area contributed by atoms with E-state index in [1.165, 1.54) is 40.3 Å². The predicted octanol–water partition coefficient (Wildman–Crippen LogP) is 5.21. The Bertz CT molecular complexity index is 545. The molecular weight excluding hydrogens is 276 g/mol. The Hall–Kier alpha value is -1.19. The topological polar surface area (TPSA) is 24.9 Å². The van der Waals surface area contributed by atoms with Gasteiger partial charge in [0.25, 0.3) is 0 Å². The largest absolute Gasteiger partial charge is 0.302 e. The van der Waals surface area contributed by atoms with Crippen LogP contribution in [-0.4, -0.2) is 4.98 Å². The molecule has 0 bridgehead atoms. The summed E-state index contributed by atoms with van der Waals surface area (Å²) in [6.45, 7) is 8.75. The molecule has 0 radical (unpaired) electrons. The van der Waals surface area contributed by atoms with Gasteiger partial charge in [-0.2, -0.15) is 0 Å². The van der Waals surface area contributed by atoms with Gasteiger partial charge in [-0.15, -0.1) is 11.3 Å². The predicted molar refractivity (Wildman–Crippen MR) is 91.9 cm³/mol. The van der Waals surface area contributed by atoms with E-state index in [1.54, 1.807) is 11.3 Å². The van der Waals surface area contributed by atoms with Gasteiger partial charge >= 0.3 is 0 Å². The van der Waals surface area contributed by atoms with Crippen molar-refractivity contribution in [2.45, 2.75) is 59.0 Å². The molecule has 1 N–H and O–H groups in total. The van der Waals surface area contributed by atoms with Crippen LogP contribution in [0.15, 0.2) is 30.5 Å². The van der Waals surface area contributed by atoms with Crippen LogP contribution >= 0.6 is 11.3 Å². The zero-order valence-corrected chi connectivity index (χ0v) is 14.3. The molecule has 0 amide bonds. The summed E-state index contributed by atoms with van der Waals surface area (Å²) in [5, 5.41) is 4.80. The zero-order valence-electron chi connectivity index (χ0n) is 13.5. The van der Waals surface area contributed by atoms with Crippen molar-refractivity contribution in [3.63, 3.8) is 0 Å². The molecule has 0 aliphatic rings. The van der Waals surface area contributed by atoms with Crippen molar-refractivity contribution in [3.8, 4) is 0 Å². The summed E-state index contributed by atoms with van der Waals surface area (Å²) in [7, 11) is 0. The zero-order chi connectivity index (χ0) is 15.2. The second-order valence-corrected chi connectivity index (χ2v) is 7.03. The summed E-state index contributed by atoms with van der Waals surface area (Å²) in [5.41, 5.74) is 2.78. The number of aromatic nitrogens is 1. The Morgan fingerprint density at radius 3 is 2.43 bits per heavy atom. The highest BCUT2D eigenvalue weighted by molar-refractivity contribution is 7.11. The van der Waals surface area contributed by atoms with Crippen LogP contribution in [0.1, 0.15) is 66.7 Å². The number of rotatable bonds is 7. The van der Waals surface area contributed by atoms with Crippen molar-refractivity contribution in [1.29, 1.82) is 0 Å². The maximum absolute atomic E-state index is 4.47. The number of nitrogens with zero attached hydrogens (tertiary/aromatic N) is 1. The van der Waals surface area contributed by atoms with E-state index in [-0.39, 0.29) is 0 Å². The molecule has 1 aromatic carbocycles. The van der Waals surface area contributed by atoms with Crippen molar-refractivity contribution in [2.75, 3.05) is 0 Å². The second kappa shape index (κ2) is 7.71. The molecule has 114 valence electrons. The maximum Gasteiger partial charge on any atom is 0.109 e. The van der Waals surface area contributed by atoms with Gasteiger partial charge in [0.1, 0.15) is 5.01 Å². The van der Waals surface area contributed by atoms with Crippen molar-refractivity contribution in [1.82, 2.24) is 10.3 Å². The Morgan fingerprint density at radius 1 is 1.14 bits per heavy atom. The first-order valence-corrected chi connectivity index (χ1v) is 8.69. The minimum atomic E-state index is 0.290. The normalized spacial score (nSPS) is 14.1. The highest BCUT2D eigenvalue weighted by Crippen LogP contribution is 2.23. The third-order valence-electron chi connectivity index (χ3n) is 3.81. The van der Waals surface area contributed by atoms with E-state index in [9.17, 15) is 0 Å². The minimum Gasteiger partial charge on any atom is -0.302 e. The van der Waals surface area contributed by atoms with Crippen LogP contribution in [0.3, 0.4) is 0 Å². The molecule has 0 spiro atoms. The SMILES string of the molecule is CCCCc1ccc(C(C)NC(C)c2ncc(C)s2)cc1. The summed E-state index contributed by atoms with van der Waals surface area (Å²) in [6, 6.07) is 9.66. The number of hydrogen-bond donors (Lipinski definition) is 1.